The molecule has 0 aliphatic carbocycles. The van der Waals surface area contributed by atoms with Gasteiger partial charge in [-0.1, -0.05) is 6.58 Å². The van der Waals surface area contributed by atoms with Crippen molar-refractivity contribution in [2.45, 2.75) is 6.16 Å². The van der Waals surface area contributed by atoms with E-state index in [-0.39, 0.29) is 0 Å². The molecule has 1 atom stereocenters. The molecule has 1 aromatic heterocycles. The van der Waals surface area contributed by atoms with Crippen molar-refractivity contribution in [1.82, 2.24) is 0 Å². The molecule has 1 aromatic rings. The van der Waals surface area contributed by atoms with Crippen molar-refractivity contribution < 1.29 is 4.74 Å². The highest BCUT2D eigenvalue weighted by atomic mass is 32.1. The number of methoxy groups -OCH3 is 1. The van der Waals surface area contributed by atoms with Gasteiger partial charge in [0.25, 0.3) is 0 Å². The molecule has 1 rings (SSSR count). The van der Waals surface area contributed by atoms with Crippen molar-refractivity contribution in [1.29, 1.82) is 0 Å². The minimum absolute atomic E-state index is 0.750. The van der Waals surface area contributed by atoms with Crippen molar-refractivity contribution >= 4 is 26.3 Å². The summed E-state index contributed by atoms with van der Waals surface area (Å²) in [5.41, 5.74) is 0. The Hall–Kier alpha value is -0.330. The maximum Gasteiger partial charge on any atom is 0.128 e. The Bertz CT molecular complexity index is 254. The van der Waals surface area contributed by atoms with E-state index in [2.05, 4.69) is 21.9 Å². The van der Waals surface area contributed by atoms with E-state index in [4.69, 9.17) is 4.74 Å². The molecule has 0 saturated heterocycles. The summed E-state index contributed by atoms with van der Waals surface area (Å²) in [5, 5.41) is 0. The maximum atomic E-state index is 5.00. The zero-order chi connectivity index (χ0) is 8.27. The van der Waals surface area contributed by atoms with Gasteiger partial charge in [-0.15, -0.1) is 20.6 Å². The lowest BCUT2D eigenvalue weighted by atomic mass is 10.4. The first-order valence-corrected chi connectivity index (χ1v) is 4.93. The van der Waals surface area contributed by atoms with Crippen LogP contribution in [0.15, 0.2) is 18.7 Å². The third kappa shape index (κ3) is 2.05. The van der Waals surface area contributed by atoms with Crippen LogP contribution in [-0.2, 0) is 10.9 Å². The first-order chi connectivity index (χ1) is 5.27. The third-order valence-electron chi connectivity index (χ3n) is 1.38. The standard InChI is InChI=1S/C8H11OPS/c1-6(9-2)8-4-3-7(5-10)11-8/h3-4H,1,5,10H2,2H3. The summed E-state index contributed by atoms with van der Waals surface area (Å²) in [6.45, 7) is 3.77. The maximum absolute atomic E-state index is 5.00. The van der Waals surface area contributed by atoms with Crippen LogP contribution in [0.2, 0.25) is 0 Å². The van der Waals surface area contributed by atoms with Crippen LogP contribution in [0.25, 0.3) is 5.76 Å². The van der Waals surface area contributed by atoms with Crippen LogP contribution in [0.5, 0.6) is 0 Å². The van der Waals surface area contributed by atoms with Crippen LogP contribution in [-0.4, -0.2) is 7.11 Å². The average Bonchev–Trinajstić information content (AvgIpc) is 2.50. The van der Waals surface area contributed by atoms with E-state index in [9.17, 15) is 0 Å². The summed E-state index contributed by atoms with van der Waals surface area (Å²) >= 11 is 1.72. The van der Waals surface area contributed by atoms with E-state index in [1.165, 1.54) is 4.88 Å². The Morgan fingerprint density at radius 3 is 2.91 bits per heavy atom. The molecular weight excluding hydrogens is 175 g/mol. The van der Waals surface area contributed by atoms with E-state index in [0.29, 0.717) is 0 Å². The molecule has 0 saturated carbocycles. The Kier molecular flexibility index (Phi) is 3.10. The SMILES string of the molecule is C=C(OC)c1ccc(CP)s1. The van der Waals surface area contributed by atoms with Crippen LogP contribution >= 0.6 is 20.6 Å². The molecule has 0 amide bonds. The molecule has 0 N–H and O–H groups in total. The van der Waals surface area contributed by atoms with E-state index < -0.39 is 0 Å². The van der Waals surface area contributed by atoms with Crippen molar-refractivity contribution in [2.24, 2.45) is 0 Å². The van der Waals surface area contributed by atoms with E-state index in [1.807, 2.05) is 6.07 Å². The fraction of sp³-hybridized carbons (Fsp3) is 0.250. The van der Waals surface area contributed by atoms with Crippen LogP contribution in [0.3, 0.4) is 0 Å². The van der Waals surface area contributed by atoms with Gasteiger partial charge in [0.2, 0.25) is 0 Å². The first kappa shape index (κ1) is 8.76. The second-order valence-corrected chi connectivity index (χ2v) is 3.67. The number of rotatable bonds is 3. The molecule has 1 unspecified atom stereocenters. The summed E-state index contributed by atoms with van der Waals surface area (Å²) in [6, 6.07) is 4.13. The van der Waals surface area contributed by atoms with Gasteiger partial charge in [0.05, 0.1) is 12.0 Å². The number of hydrogen-bond donors (Lipinski definition) is 0. The van der Waals surface area contributed by atoms with E-state index in [0.717, 1.165) is 16.8 Å². The highest BCUT2D eigenvalue weighted by Gasteiger charge is 2.01. The molecule has 11 heavy (non-hydrogen) atoms. The quantitative estimate of drug-likeness (QED) is 0.521. The van der Waals surface area contributed by atoms with Gasteiger partial charge in [0, 0.05) is 4.88 Å². The van der Waals surface area contributed by atoms with Crippen LogP contribution < -0.4 is 0 Å². The van der Waals surface area contributed by atoms with Gasteiger partial charge < -0.3 is 4.74 Å². The fourth-order valence-corrected chi connectivity index (χ4v) is 1.96. The number of ether oxygens (including phenoxy) is 1. The van der Waals surface area contributed by atoms with Crippen LogP contribution in [0.1, 0.15) is 9.75 Å². The monoisotopic (exact) mass is 186 g/mol. The summed E-state index contributed by atoms with van der Waals surface area (Å²) in [4.78, 5) is 2.45. The molecule has 3 heteroatoms. The normalized spacial score (nSPS) is 9.64. The van der Waals surface area contributed by atoms with Gasteiger partial charge in [-0.3, -0.25) is 0 Å². The summed E-state index contributed by atoms with van der Waals surface area (Å²) in [5.74, 6) is 0.750. The molecule has 1 nitrogen and oxygen atoms in total. The molecule has 0 aliphatic rings. The van der Waals surface area contributed by atoms with Gasteiger partial charge >= 0.3 is 0 Å². The topological polar surface area (TPSA) is 9.23 Å². The summed E-state index contributed by atoms with van der Waals surface area (Å²) in [7, 11) is 4.34. The van der Waals surface area contributed by atoms with Crippen molar-refractivity contribution in [3.63, 3.8) is 0 Å². The minimum atomic E-state index is 0.750. The Balaban J connectivity index is 2.80. The smallest absolute Gasteiger partial charge is 0.128 e. The molecule has 0 aromatic carbocycles. The van der Waals surface area contributed by atoms with Gasteiger partial charge in [-0.2, -0.15) is 0 Å². The van der Waals surface area contributed by atoms with Gasteiger partial charge in [0.1, 0.15) is 5.76 Å². The van der Waals surface area contributed by atoms with Crippen molar-refractivity contribution in [2.75, 3.05) is 7.11 Å². The lowest BCUT2D eigenvalue weighted by Gasteiger charge is -1.97. The Morgan fingerprint density at radius 1 is 1.73 bits per heavy atom. The molecule has 60 valence electrons. The van der Waals surface area contributed by atoms with E-state index >= 15 is 0 Å². The predicted octanol–water partition coefficient (Wildman–Crippen LogP) is 2.74. The zero-order valence-corrected chi connectivity index (χ0v) is 8.43. The average molecular weight is 186 g/mol. The fourth-order valence-electron chi connectivity index (χ4n) is 0.738. The zero-order valence-electron chi connectivity index (χ0n) is 6.46. The highest BCUT2D eigenvalue weighted by Crippen LogP contribution is 2.24. The van der Waals surface area contributed by atoms with Crippen molar-refractivity contribution in [3.05, 3.63) is 28.5 Å². The van der Waals surface area contributed by atoms with Crippen LogP contribution in [0.4, 0.5) is 0 Å². The second-order valence-electron chi connectivity index (χ2n) is 2.10. The Morgan fingerprint density at radius 2 is 2.45 bits per heavy atom. The first-order valence-electron chi connectivity index (χ1n) is 3.30. The minimum Gasteiger partial charge on any atom is -0.496 e. The molecule has 0 bridgehead atoms. The lowest BCUT2D eigenvalue weighted by molar-refractivity contribution is 0.372. The Labute approximate surface area is 73.3 Å². The molecule has 0 spiro atoms. The third-order valence-corrected chi connectivity index (χ3v) is 3.27. The number of thiophene rings is 1. The molecule has 0 fully saturated rings. The highest BCUT2D eigenvalue weighted by molar-refractivity contribution is 7.19. The van der Waals surface area contributed by atoms with Gasteiger partial charge in [-0.25, -0.2) is 0 Å². The van der Waals surface area contributed by atoms with E-state index in [1.54, 1.807) is 18.4 Å². The van der Waals surface area contributed by atoms with Gasteiger partial charge in [-0.05, 0) is 18.3 Å². The predicted molar refractivity (Wildman–Crippen MR) is 53.8 cm³/mol. The summed E-state index contributed by atoms with van der Waals surface area (Å²) < 4.78 is 5.00. The number of hydrogen-bond acceptors (Lipinski definition) is 2. The summed E-state index contributed by atoms with van der Waals surface area (Å²) in [6.07, 6.45) is 1.00. The van der Waals surface area contributed by atoms with Crippen molar-refractivity contribution in [3.8, 4) is 0 Å². The molecule has 1 heterocycles. The molecular formula is C8H11OPS. The van der Waals surface area contributed by atoms with Crippen LogP contribution in [0, 0.1) is 0 Å². The molecule has 0 aliphatic heterocycles. The largest absolute Gasteiger partial charge is 0.496 e. The lowest BCUT2D eigenvalue weighted by Crippen LogP contribution is -1.77. The second kappa shape index (κ2) is 3.89. The molecule has 0 radical (unpaired) electrons. The van der Waals surface area contributed by atoms with Gasteiger partial charge in [0.15, 0.2) is 0 Å².